The molecule has 1 aromatic heterocycles. The first-order valence-electron chi connectivity index (χ1n) is 6.78. The van der Waals surface area contributed by atoms with E-state index >= 15 is 0 Å². The molecule has 2 aromatic rings. The zero-order chi connectivity index (χ0) is 15.4. The number of anilines is 1. The van der Waals surface area contributed by atoms with Crippen molar-refractivity contribution in [1.29, 1.82) is 0 Å². The minimum absolute atomic E-state index is 0.220. The normalized spacial score (nSPS) is 12.0. The van der Waals surface area contributed by atoms with Gasteiger partial charge in [0, 0.05) is 25.2 Å². The summed E-state index contributed by atoms with van der Waals surface area (Å²) in [5, 5.41) is 2.08. The van der Waals surface area contributed by atoms with Crippen molar-refractivity contribution in [3.63, 3.8) is 0 Å². The Kier molecular flexibility index (Phi) is 4.62. The number of carbonyl (C=O) groups is 1. The first kappa shape index (κ1) is 15.1. The highest BCUT2D eigenvalue weighted by Crippen LogP contribution is 2.27. The first-order valence-corrected chi connectivity index (χ1v) is 6.78. The molecule has 1 atom stereocenters. The minimum atomic E-state index is -0.223. The van der Waals surface area contributed by atoms with Gasteiger partial charge in [-0.3, -0.25) is 4.79 Å². The van der Waals surface area contributed by atoms with Crippen LogP contribution in [0.15, 0.2) is 30.5 Å². The zero-order valence-corrected chi connectivity index (χ0v) is 12.8. The van der Waals surface area contributed by atoms with Crippen LogP contribution in [0.5, 0.6) is 5.75 Å². The van der Waals surface area contributed by atoms with Crippen LogP contribution in [0.3, 0.4) is 0 Å². The highest BCUT2D eigenvalue weighted by Gasteiger charge is 2.17. The third kappa shape index (κ3) is 3.24. The molecule has 21 heavy (non-hydrogen) atoms. The van der Waals surface area contributed by atoms with Crippen molar-refractivity contribution in [3.05, 3.63) is 30.5 Å². The lowest BCUT2D eigenvalue weighted by Gasteiger charge is -2.22. The smallest absolute Gasteiger partial charge is 0.310 e. The third-order valence-corrected chi connectivity index (χ3v) is 3.47. The van der Waals surface area contributed by atoms with Crippen molar-refractivity contribution in [2.75, 3.05) is 32.7 Å². The maximum atomic E-state index is 11.6. The molecule has 0 amide bonds. The standard InChI is InChI=1S/C16H20N2O3/c1-11(16(19)21-4)10-18(2)15-14-9-13(20-3)6-5-12(14)7-8-17-15/h5-9,11H,10H2,1-4H3. The van der Waals surface area contributed by atoms with Gasteiger partial charge in [0.2, 0.25) is 0 Å². The van der Waals surface area contributed by atoms with Crippen LogP contribution in [0.2, 0.25) is 0 Å². The van der Waals surface area contributed by atoms with E-state index in [1.807, 2.05) is 43.1 Å². The van der Waals surface area contributed by atoms with Gasteiger partial charge in [0.15, 0.2) is 0 Å². The van der Waals surface area contributed by atoms with Crippen LogP contribution >= 0.6 is 0 Å². The number of esters is 1. The van der Waals surface area contributed by atoms with E-state index in [1.165, 1.54) is 7.11 Å². The average molecular weight is 288 g/mol. The fourth-order valence-electron chi connectivity index (χ4n) is 2.34. The second kappa shape index (κ2) is 6.43. The molecule has 0 aliphatic rings. The van der Waals surface area contributed by atoms with Crippen LogP contribution in [-0.2, 0) is 9.53 Å². The van der Waals surface area contributed by atoms with E-state index in [1.54, 1.807) is 13.3 Å². The summed E-state index contributed by atoms with van der Waals surface area (Å²) >= 11 is 0. The Morgan fingerprint density at radius 1 is 1.33 bits per heavy atom. The molecule has 5 heteroatoms. The van der Waals surface area contributed by atoms with Gasteiger partial charge in [0.25, 0.3) is 0 Å². The van der Waals surface area contributed by atoms with Crippen molar-refractivity contribution >= 4 is 22.6 Å². The molecule has 5 nitrogen and oxygen atoms in total. The summed E-state index contributed by atoms with van der Waals surface area (Å²) < 4.78 is 10.0. The number of nitrogens with zero attached hydrogens (tertiary/aromatic N) is 2. The van der Waals surface area contributed by atoms with E-state index < -0.39 is 0 Å². The van der Waals surface area contributed by atoms with Crippen LogP contribution in [-0.4, -0.2) is 38.8 Å². The summed E-state index contributed by atoms with van der Waals surface area (Å²) in [6.45, 7) is 2.38. The molecule has 0 aliphatic carbocycles. The second-order valence-electron chi connectivity index (χ2n) is 5.03. The Labute approximate surface area is 124 Å². The monoisotopic (exact) mass is 288 g/mol. The Bertz CT molecular complexity index is 642. The number of hydrogen-bond donors (Lipinski definition) is 0. The van der Waals surface area contributed by atoms with E-state index in [0.29, 0.717) is 6.54 Å². The lowest BCUT2D eigenvalue weighted by Crippen LogP contribution is -2.29. The summed E-state index contributed by atoms with van der Waals surface area (Å²) in [5.74, 6) is 1.16. The number of fused-ring (bicyclic) bond motifs is 1. The molecule has 0 spiro atoms. The number of ether oxygens (including phenoxy) is 2. The molecule has 1 aromatic carbocycles. The molecule has 0 saturated heterocycles. The highest BCUT2D eigenvalue weighted by atomic mass is 16.5. The molecule has 0 fully saturated rings. The van der Waals surface area contributed by atoms with E-state index in [0.717, 1.165) is 22.3 Å². The summed E-state index contributed by atoms with van der Waals surface area (Å²) in [4.78, 5) is 18.0. The number of pyridine rings is 1. The Hall–Kier alpha value is -2.30. The summed E-state index contributed by atoms with van der Waals surface area (Å²) in [6.07, 6.45) is 1.77. The van der Waals surface area contributed by atoms with Crippen molar-refractivity contribution in [2.45, 2.75) is 6.92 Å². The first-order chi connectivity index (χ1) is 10.1. The van der Waals surface area contributed by atoms with E-state index in [4.69, 9.17) is 9.47 Å². The summed E-state index contributed by atoms with van der Waals surface area (Å²) in [6, 6.07) is 7.83. The van der Waals surface area contributed by atoms with Crippen molar-refractivity contribution in [1.82, 2.24) is 4.98 Å². The molecular formula is C16H20N2O3. The number of methoxy groups -OCH3 is 2. The van der Waals surface area contributed by atoms with Crippen LogP contribution in [0.4, 0.5) is 5.82 Å². The summed E-state index contributed by atoms with van der Waals surface area (Å²) in [5.41, 5.74) is 0. The lowest BCUT2D eigenvalue weighted by molar-refractivity contribution is -0.144. The Balaban J connectivity index is 2.34. The van der Waals surface area contributed by atoms with Gasteiger partial charge in [-0.1, -0.05) is 13.0 Å². The number of benzene rings is 1. The van der Waals surface area contributed by atoms with Crippen LogP contribution in [0.1, 0.15) is 6.92 Å². The molecule has 0 saturated carbocycles. The molecule has 112 valence electrons. The predicted molar refractivity (Wildman–Crippen MR) is 82.7 cm³/mol. The topological polar surface area (TPSA) is 51.7 Å². The van der Waals surface area contributed by atoms with Gasteiger partial charge in [-0.15, -0.1) is 0 Å². The predicted octanol–water partition coefficient (Wildman–Crippen LogP) is 2.49. The van der Waals surface area contributed by atoms with Crippen molar-refractivity contribution in [3.8, 4) is 5.75 Å². The maximum absolute atomic E-state index is 11.6. The van der Waals surface area contributed by atoms with E-state index in [2.05, 4.69) is 4.98 Å². The lowest BCUT2D eigenvalue weighted by atomic mass is 10.1. The molecular weight excluding hydrogens is 268 g/mol. The average Bonchev–Trinajstić information content (AvgIpc) is 2.52. The van der Waals surface area contributed by atoms with Crippen LogP contribution in [0.25, 0.3) is 10.8 Å². The Morgan fingerprint density at radius 3 is 2.76 bits per heavy atom. The number of carbonyl (C=O) groups excluding carboxylic acids is 1. The molecule has 0 N–H and O–H groups in total. The molecule has 0 bridgehead atoms. The van der Waals surface area contributed by atoms with E-state index in [-0.39, 0.29) is 11.9 Å². The quantitative estimate of drug-likeness (QED) is 0.791. The van der Waals surface area contributed by atoms with Crippen molar-refractivity contribution in [2.24, 2.45) is 5.92 Å². The van der Waals surface area contributed by atoms with Gasteiger partial charge in [-0.25, -0.2) is 4.98 Å². The summed E-state index contributed by atoms with van der Waals surface area (Å²) in [7, 11) is 4.96. The number of aromatic nitrogens is 1. The molecule has 1 heterocycles. The van der Waals surface area contributed by atoms with Gasteiger partial charge in [-0.2, -0.15) is 0 Å². The van der Waals surface area contributed by atoms with Gasteiger partial charge in [-0.05, 0) is 23.6 Å². The fraction of sp³-hybridized carbons (Fsp3) is 0.375. The molecule has 2 rings (SSSR count). The van der Waals surface area contributed by atoms with Gasteiger partial charge >= 0.3 is 5.97 Å². The number of rotatable bonds is 5. The SMILES string of the molecule is COC(=O)C(C)CN(C)c1nccc2ccc(OC)cc12. The molecule has 0 radical (unpaired) electrons. The van der Waals surface area contributed by atoms with E-state index in [9.17, 15) is 4.79 Å². The van der Waals surface area contributed by atoms with Crippen molar-refractivity contribution < 1.29 is 14.3 Å². The van der Waals surface area contributed by atoms with Gasteiger partial charge in [0.05, 0.1) is 20.1 Å². The molecule has 0 aliphatic heterocycles. The van der Waals surface area contributed by atoms with Crippen LogP contribution in [0, 0.1) is 5.92 Å². The van der Waals surface area contributed by atoms with Gasteiger partial charge < -0.3 is 14.4 Å². The maximum Gasteiger partial charge on any atom is 0.310 e. The third-order valence-electron chi connectivity index (χ3n) is 3.47. The largest absolute Gasteiger partial charge is 0.497 e. The number of hydrogen-bond acceptors (Lipinski definition) is 5. The molecule has 1 unspecified atom stereocenters. The fourth-order valence-corrected chi connectivity index (χ4v) is 2.34. The Morgan fingerprint density at radius 2 is 2.10 bits per heavy atom. The highest BCUT2D eigenvalue weighted by molar-refractivity contribution is 5.93. The van der Waals surface area contributed by atoms with Crippen LogP contribution < -0.4 is 9.64 Å². The minimum Gasteiger partial charge on any atom is -0.497 e. The van der Waals surface area contributed by atoms with Gasteiger partial charge in [0.1, 0.15) is 11.6 Å². The second-order valence-corrected chi connectivity index (χ2v) is 5.03. The zero-order valence-electron chi connectivity index (χ0n) is 12.8.